The lowest BCUT2D eigenvalue weighted by molar-refractivity contribution is -0.384. The Labute approximate surface area is 100 Å². The molecule has 1 N–H and O–H groups in total. The molecule has 1 amide bonds. The van der Waals surface area contributed by atoms with E-state index in [-0.39, 0.29) is 0 Å². The summed E-state index contributed by atoms with van der Waals surface area (Å²) in [5, 5.41) is 12.8. The van der Waals surface area contributed by atoms with Gasteiger partial charge in [0.15, 0.2) is 11.5 Å². The summed E-state index contributed by atoms with van der Waals surface area (Å²) < 4.78 is 14.5. The first kappa shape index (κ1) is 11.7. The molecule has 0 bridgehead atoms. The molecule has 8 heteroatoms. The number of hydrogen-bond donors (Lipinski definition) is 1. The molecule has 0 unspecified atom stereocenters. The van der Waals surface area contributed by atoms with Gasteiger partial charge in [-0.3, -0.25) is 20.0 Å². The topological polar surface area (TPSA) is 90.1 Å². The highest BCUT2D eigenvalue weighted by Crippen LogP contribution is 2.26. The smallest absolute Gasteiger partial charge is 0.299 e. The van der Waals surface area contributed by atoms with E-state index in [1.807, 2.05) is 0 Å². The molecular formula is C10H7FN4O3. The average Bonchev–Trinajstić information content (AvgIpc) is 2.85. The summed E-state index contributed by atoms with van der Waals surface area (Å²) in [6.07, 6.45) is 3.89. The first-order valence-corrected chi connectivity index (χ1v) is 4.82. The third-order valence-electron chi connectivity index (χ3n) is 2.16. The van der Waals surface area contributed by atoms with E-state index in [1.165, 1.54) is 24.8 Å². The Bertz CT molecular complexity index is 597. The molecular weight excluding hydrogens is 243 g/mol. The molecule has 0 atom stereocenters. The number of halogens is 1. The van der Waals surface area contributed by atoms with Gasteiger partial charge in [-0.2, -0.15) is 0 Å². The van der Waals surface area contributed by atoms with Crippen LogP contribution in [0.3, 0.4) is 0 Å². The molecule has 0 fully saturated rings. The zero-order valence-electron chi connectivity index (χ0n) is 8.91. The zero-order chi connectivity index (χ0) is 13.1. The molecule has 0 saturated heterocycles. The van der Waals surface area contributed by atoms with Crippen molar-refractivity contribution in [3.63, 3.8) is 0 Å². The maximum Gasteiger partial charge on any atom is 0.331 e. The minimum Gasteiger partial charge on any atom is -0.299 e. The minimum absolute atomic E-state index is 0.471. The molecule has 2 rings (SSSR count). The van der Waals surface area contributed by atoms with Crippen molar-refractivity contribution in [1.29, 1.82) is 0 Å². The van der Waals surface area contributed by atoms with Gasteiger partial charge in [0.05, 0.1) is 4.92 Å². The lowest BCUT2D eigenvalue weighted by atomic mass is 10.2. The Morgan fingerprint density at radius 2 is 2.28 bits per heavy atom. The monoisotopic (exact) mass is 250 g/mol. The minimum atomic E-state index is -0.877. The van der Waals surface area contributed by atoms with Gasteiger partial charge < -0.3 is 0 Å². The second-order valence-corrected chi connectivity index (χ2v) is 3.29. The van der Waals surface area contributed by atoms with E-state index in [0.29, 0.717) is 0 Å². The van der Waals surface area contributed by atoms with Crippen molar-refractivity contribution in [1.82, 2.24) is 9.55 Å². The van der Waals surface area contributed by atoms with Crippen molar-refractivity contribution in [2.24, 2.45) is 0 Å². The molecule has 0 aliphatic rings. The molecule has 0 aliphatic carbocycles. The van der Waals surface area contributed by atoms with Gasteiger partial charge in [0.1, 0.15) is 6.33 Å². The number of nitrogens with zero attached hydrogens (tertiary/aromatic N) is 3. The van der Waals surface area contributed by atoms with Crippen molar-refractivity contribution in [3.8, 4) is 0 Å². The van der Waals surface area contributed by atoms with Crippen LogP contribution in [0, 0.1) is 15.9 Å². The van der Waals surface area contributed by atoms with E-state index >= 15 is 0 Å². The number of para-hydroxylation sites is 1. The average molecular weight is 250 g/mol. The van der Waals surface area contributed by atoms with Crippen LogP contribution in [0.4, 0.5) is 20.6 Å². The molecule has 1 heterocycles. The van der Waals surface area contributed by atoms with Crippen molar-refractivity contribution < 1.29 is 14.1 Å². The summed E-state index contributed by atoms with van der Waals surface area (Å²) in [5.41, 5.74) is -0.982. The lowest BCUT2D eigenvalue weighted by Crippen LogP contribution is -2.19. The Hall–Kier alpha value is -2.77. The van der Waals surface area contributed by atoms with Crippen molar-refractivity contribution >= 4 is 17.4 Å². The number of anilines is 1. The van der Waals surface area contributed by atoms with Gasteiger partial charge in [-0.15, -0.1) is 0 Å². The Morgan fingerprint density at radius 3 is 2.89 bits per heavy atom. The van der Waals surface area contributed by atoms with Gasteiger partial charge in [0.2, 0.25) is 0 Å². The van der Waals surface area contributed by atoms with Gasteiger partial charge in [0.25, 0.3) is 5.69 Å². The first-order valence-electron chi connectivity index (χ1n) is 4.82. The summed E-state index contributed by atoms with van der Waals surface area (Å²) in [6, 6.07) is 2.59. The lowest BCUT2D eigenvalue weighted by Gasteiger charge is -2.06. The predicted molar refractivity (Wildman–Crippen MR) is 59.7 cm³/mol. The third kappa shape index (κ3) is 2.17. The van der Waals surface area contributed by atoms with E-state index in [4.69, 9.17) is 0 Å². The molecule has 92 valence electrons. The summed E-state index contributed by atoms with van der Waals surface area (Å²) in [4.78, 5) is 25.2. The molecule has 0 spiro atoms. The summed E-state index contributed by atoms with van der Waals surface area (Å²) in [5.74, 6) is -0.877. The Kier molecular flexibility index (Phi) is 3.00. The fraction of sp³-hybridized carbons (Fsp3) is 0. The van der Waals surface area contributed by atoms with Crippen LogP contribution in [0.15, 0.2) is 36.9 Å². The number of amides is 1. The maximum absolute atomic E-state index is 13.5. The van der Waals surface area contributed by atoms with Gasteiger partial charge in [-0.05, 0) is 6.07 Å². The zero-order valence-corrected chi connectivity index (χ0v) is 8.91. The van der Waals surface area contributed by atoms with Gasteiger partial charge >= 0.3 is 6.03 Å². The summed E-state index contributed by atoms with van der Waals surface area (Å²) in [6.45, 7) is 0. The van der Waals surface area contributed by atoms with Gasteiger partial charge in [0, 0.05) is 18.5 Å². The van der Waals surface area contributed by atoms with E-state index in [9.17, 15) is 19.3 Å². The van der Waals surface area contributed by atoms with E-state index < -0.39 is 28.1 Å². The number of nitrogens with one attached hydrogen (secondary N) is 1. The highest BCUT2D eigenvalue weighted by Gasteiger charge is 2.20. The fourth-order valence-electron chi connectivity index (χ4n) is 1.34. The van der Waals surface area contributed by atoms with E-state index in [0.717, 1.165) is 16.7 Å². The van der Waals surface area contributed by atoms with Crippen molar-refractivity contribution in [3.05, 3.63) is 52.9 Å². The van der Waals surface area contributed by atoms with Crippen LogP contribution in [0.1, 0.15) is 0 Å². The molecule has 1 aromatic carbocycles. The maximum atomic E-state index is 13.5. The van der Waals surface area contributed by atoms with Crippen molar-refractivity contribution in [2.45, 2.75) is 0 Å². The molecule has 2 aromatic rings. The Morgan fingerprint density at radius 1 is 1.50 bits per heavy atom. The molecule has 1 aromatic heterocycles. The van der Waals surface area contributed by atoms with E-state index in [2.05, 4.69) is 10.3 Å². The highest BCUT2D eigenvalue weighted by atomic mass is 19.1. The Balaban J connectivity index is 2.34. The van der Waals surface area contributed by atoms with Crippen LogP contribution in [-0.4, -0.2) is 20.5 Å². The number of rotatable bonds is 2. The van der Waals surface area contributed by atoms with Crippen LogP contribution in [-0.2, 0) is 0 Å². The number of benzene rings is 1. The molecule has 0 radical (unpaired) electrons. The predicted octanol–water partition coefficient (Wildman–Crippen LogP) is 2.01. The second-order valence-electron chi connectivity index (χ2n) is 3.29. The second kappa shape index (κ2) is 4.62. The van der Waals surface area contributed by atoms with Crippen LogP contribution in [0.25, 0.3) is 0 Å². The molecule has 0 saturated carbocycles. The largest absolute Gasteiger partial charge is 0.331 e. The number of carbonyl (C=O) groups is 1. The molecule has 18 heavy (non-hydrogen) atoms. The summed E-state index contributed by atoms with van der Waals surface area (Å²) >= 11 is 0. The number of nitro benzene ring substituents is 1. The standard InChI is InChI=1S/C10H7FN4O3/c11-7-2-1-3-8(15(17)18)9(7)13-10(16)14-5-4-12-6-14/h1-6H,(H,13,16). The number of hydrogen-bond acceptors (Lipinski definition) is 4. The van der Waals surface area contributed by atoms with Crippen molar-refractivity contribution in [2.75, 3.05) is 5.32 Å². The molecule has 7 nitrogen and oxygen atoms in total. The quantitative estimate of drug-likeness (QED) is 0.652. The molecule has 0 aliphatic heterocycles. The van der Waals surface area contributed by atoms with Crippen LogP contribution in [0.5, 0.6) is 0 Å². The van der Waals surface area contributed by atoms with Crippen LogP contribution < -0.4 is 5.32 Å². The van der Waals surface area contributed by atoms with Crippen LogP contribution in [0.2, 0.25) is 0 Å². The number of nitro groups is 1. The SMILES string of the molecule is O=C(Nc1c(F)cccc1[N+](=O)[O-])n1ccnc1. The van der Waals surface area contributed by atoms with E-state index in [1.54, 1.807) is 0 Å². The van der Waals surface area contributed by atoms with Gasteiger partial charge in [-0.25, -0.2) is 14.2 Å². The number of imidazole rings is 1. The fourth-order valence-corrected chi connectivity index (χ4v) is 1.34. The number of aromatic nitrogens is 2. The normalized spacial score (nSPS) is 10.1. The third-order valence-corrected chi connectivity index (χ3v) is 2.16. The van der Waals surface area contributed by atoms with Gasteiger partial charge in [-0.1, -0.05) is 6.07 Å². The number of carbonyl (C=O) groups excluding carboxylic acids is 1. The van der Waals surface area contributed by atoms with Crippen LogP contribution >= 0.6 is 0 Å². The first-order chi connectivity index (χ1) is 8.59. The highest BCUT2D eigenvalue weighted by molar-refractivity contribution is 5.93. The summed E-state index contributed by atoms with van der Waals surface area (Å²) in [7, 11) is 0.